The molecule has 3 aromatic rings. The number of halogens is 2. The summed E-state index contributed by atoms with van der Waals surface area (Å²) >= 11 is 6.17. The highest BCUT2D eigenvalue weighted by Crippen LogP contribution is 2.25. The van der Waals surface area contributed by atoms with Crippen molar-refractivity contribution in [2.75, 3.05) is 17.2 Å². The maximum Gasteiger partial charge on any atom is 0.339 e. The number of nitrogens with one attached hydrogen (secondary N) is 3. The van der Waals surface area contributed by atoms with Crippen molar-refractivity contribution < 1.29 is 18.7 Å². The van der Waals surface area contributed by atoms with Gasteiger partial charge in [-0.05, 0) is 48.0 Å². The summed E-state index contributed by atoms with van der Waals surface area (Å²) in [5.41, 5.74) is 3.65. The summed E-state index contributed by atoms with van der Waals surface area (Å²) in [5, 5.41) is 9.14. The molecule has 0 aliphatic rings. The second kappa shape index (κ2) is 10.7. The number of hydrogen-bond acceptors (Lipinski definition) is 4. The highest BCUT2D eigenvalue weighted by atomic mass is 35.5. The third-order valence-electron chi connectivity index (χ3n) is 3.87. The van der Waals surface area contributed by atoms with Crippen molar-refractivity contribution in [2.45, 2.75) is 0 Å². The normalized spacial score (nSPS) is 10.5. The van der Waals surface area contributed by atoms with Crippen LogP contribution >= 0.6 is 11.6 Å². The number of carbonyl (C=O) groups excluding carboxylic acids is 2. The minimum atomic E-state index is -0.538. The SMILES string of the molecule is O=C(COc1ccc(/C=N/NC(=O)Nc2ccccc2)cc1Cl)Nc1ccccc1F. The maximum atomic E-state index is 13.6. The Kier molecular flexibility index (Phi) is 7.56. The number of benzene rings is 3. The van der Waals surface area contributed by atoms with Crippen molar-refractivity contribution in [1.29, 1.82) is 0 Å². The van der Waals surface area contributed by atoms with Crippen LogP contribution < -0.4 is 20.8 Å². The number of urea groups is 1. The molecule has 3 aromatic carbocycles. The van der Waals surface area contributed by atoms with E-state index in [1.54, 1.807) is 48.5 Å². The molecule has 0 radical (unpaired) electrons. The van der Waals surface area contributed by atoms with Gasteiger partial charge in [0.25, 0.3) is 5.91 Å². The molecule has 3 amide bonds. The summed E-state index contributed by atoms with van der Waals surface area (Å²) in [7, 11) is 0. The molecule has 0 heterocycles. The minimum absolute atomic E-state index is 0.0672. The first-order valence-electron chi connectivity index (χ1n) is 9.13. The molecule has 9 heteroatoms. The summed E-state index contributed by atoms with van der Waals surface area (Å²) in [5.74, 6) is -0.790. The first-order valence-corrected chi connectivity index (χ1v) is 9.51. The standard InChI is InChI=1S/C22H18ClFN4O3/c23-17-12-15(13-25-28-22(30)26-16-6-2-1-3-7-16)10-11-20(17)31-14-21(29)27-19-9-5-4-8-18(19)24/h1-13H,14H2,(H,27,29)(H2,26,28,30)/b25-13+. The van der Waals surface area contributed by atoms with Crippen LogP contribution in [0.2, 0.25) is 5.02 Å². The van der Waals surface area contributed by atoms with E-state index in [9.17, 15) is 14.0 Å². The lowest BCUT2D eigenvalue weighted by atomic mass is 10.2. The molecule has 0 spiro atoms. The van der Waals surface area contributed by atoms with Crippen molar-refractivity contribution in [3.8, 4) is 5.75 Å². The fraction of sp³-hybridized carbons (Fsp3) is 0.0455. The van der Waals surface area contributed by atoms with Crippen LogP contribution in [-0.2, 0) is 4.79 Å². The van der Waals surface area contributed by atoms with E-state index in [4.69, 9.17) is 16.3 Å². The average molecular weight is 441 g/mol. The van der Waals surface area contributed by atoms with Gasteiger partial charge in [-0.15, -0.1) is 0 Å². The largest absolute Gasteiger partial charge is 0.482 e. The van der Waals surface area contributed by atoms with Crippen LogP contribution in [0.3, 0.4) is 0 Å². The van der Waals surface area contributed by atoms with Crippen LogP contribution in [0.5, 0.6) is 5.75 Å². The zero-order chi connectivity index (χ0) is 22.1. The predicted octanol–water partition coefficient (Wildman–Crippen LogP) is 4.65. The van der Waals surface area contributed by atoms with Crippen LogP contribution in [-0.4, -0.2) is 24.8 Å². The van der Waals surface area contributed by atoms with Crippen LogP contribution in [0.1, 0.15) is 5.56 Å². The van der Waals surface area contributed by atoms with Crippen LogP contribution in [0.15, 0.2) is 77.9 Å². The number of hydrogen-bond donors (Lipinski definition) is 3. The quantitative estimate of drug-likeness (QED) is 0.369. The topological polar surface area (TPSA) is 91.8 Å². The lowest BCUT2D eigenvalue weighted by Gasteiger charge is -2.09. The molecule has 7 nitrogen and oxygen atoms in total. The zero-order valence-electron chi connectivity index (χ0n) is 16.1. The third kappa shape index (κ3) is 6.83. The smallest absolute Gasteiger partial charge is 0.339 e. The Morgan fingerprint density at radius 1 is 1.00 bits per heavy atom. The molecule has 0 aliphatic carbocycles. The van der Waals surface area contributed by atoms with Gasteiger partial charge in [-0.2, -0.15) is 5.10 Å². The van der Waals surface area contributed by atoms with Crippen molar-refractivity contribution >= 4 is 41.1 Å². The maximum absolute atomic E-state index is 13.6. The Morgan fingerprint density at radius 3 is 2.48 bits per heavy atom. The molecular formula is C22H18ClFN4O3. The molecule has 3 rings (SSSR count). The van der Waals surface area contributed by atoms with Gasteiger partial charge in [0.15, 0.2) is 6.61 Å². The second-order valence-electron chi connectivity index (χ2n) is 6.20. The van der Waals surface area contributed by atoms with Gasteiger partial charge in [-0.25, -0.2) is 14.6 Å². The zero-order valence-corrected chi connectivity index (χ0v) is 16.9. The minimum Gasteiger partial charge on any atom is -0.482 e. The molecule has 0 fully saturated rings. The van der Waals surface area contributed by atoms with E-state index in [2.05, 4.69) is 21.2 Å². The van der Waals surface area contributed by atoms with Gasteiger partial charge in [0.1, 0.15) is 11.6 Å². The fourth-order valence-corrected chi connectivity index (χ4v) is 2.70. The number of hydrazone groups is 1. The summed E-state index contributed by atoms with van der Waals surface area (Å²) in [6.45, 7) is -0.345. The lowest BCUT2D eigenvalue weighted by Crippen LogP contribution is -2.24. The van der Waals surface area contributed by atoms with E-state index < -0.39 is 17.8 Å². The molecule has 0 atom stereocenters. The number of ether oxygens (including phenoxy) is 1. The highest BCUT2D eigenvalue weighted by molar-refractivity contribution is 6.32. The van der Waals surface area contributed by atoms with Gasteiger partial charge >= 0.3 is 6.03 Å². The molecule has 158 valence electrons. The molecule has 0 aromatic heterocycles. The van der Waals surface area contributed by atoms with Gasteiger partial charge in [0.2, 0.25) is 0 Å². The van der Waals surface area contributed by atoms with E-state index >= 15 is 0 Å². The first kappa shape index (κ1) is 21.8. The molecule has 0 bridgehead atoms. The Bertz CT molecular complexity index is 1090. The van der Waals surface area contributed by atoms with Gasteiger partial charge in [-0.1, -0.05) is 41.9 Å². The number of anilines is 2. The molecule has 0 saturated heterocycles. The fourth-order valence-electron chi connectivity index (χ4n) is 2.45. The van der Waals surface area contributed by atoms with E-state index in [0.717, 1.165) is 0 Å². The van der Waals surface area contributed by atoms with E-state index in [0.29, 0.717) is 11.3 Å². The van der Waals surface area contributed by atoms with Gasteiger partial charge in [-0.3, -0.25) is 4.79 Å². The average Bonchev–Trinajstić information content (AvgIpc) is 2.75. The van der Waals surface area contributed by atoms with Crippen LogP contribution in [0, 0.1) is 5.82 Å². The molecule has 0 saturated carbocycles. The summed E-state index contributed by atoms with van der Waals surface area (Å²) < 4.78 is 18.9. The lowest BCUT2D eigenvalue weighted by molar-refractivity contribution is -0.118. The van der Waals surface area contributed by atoms with Crippen molar-refractivity contribution in [2.24, 2.45) is 5.10 Å². The predicted molar refractivity (Wildman–Crippen MR) is 118 cm³/mol. The Balaban J connectivity index is 1.49. The Hall–Kier alpha value is -3.91. The molecule has 3 N–H and O–H groups in total. The van der Waals surface area contributed by atoms with Crippen LogP contribution in [0.4, 0.5) is 20.6 Å². The number of nitrogens with zero attached hydrogens (tertiary/aromatic N) is 1. The summed E-state index contributed by atoms with van der Waals surface area (Å²) in [6.07, 6.45) is 1.41. The van der Waals surface area contributed by atoms with Crippen molar-refractivity contribution in [3.05, 3.63) is 89.2 Å². The van der Waals surface area contributed by atoms with Gasteiger partial charge in [0.05, 0.1) is 16.9 Å². The molecule has 0 unspecified atom stereocenters. The number of amides is 3. The van der Waals surface area contributed by atoms with Crippen molar-refractivity contribution in [3.63, 3.8) is 0 Å². The molecular weight excluding hydrogens is 423 g/mol. The van der Waals surface area contributed by atoms with E-state index in [-0.39, 0.29) is 23.1 Å². The van der Waals surface area contributed by atoms with Crippen molar-refractivity contribution in [1.82, 2.24) is 5.43 Å². The summed E-state index contributed by atoms with van der Waals surface area (Å²) in [6, 6.07) is 19.0. The number of carbonyl (C=O) groups is 2. The van der Waals surface area contributed by atoms with Crippen LogP contribution in [0.25, 0.3) is 0 Å². The van der Waals surface area contributed by atoms with E-state index in [1.807, 2.05) is 6.07 Å². The summed E-state index contributed by atoms with van der Waals surface area (Å²) in [4.78, 5) is 23.7. The number of rotatable bonds is 7. The number of para-hydroxylation sites is 2. The Morgan fingerprint density at radius 2 is 1.74 bits per heavy atom. The Labute approximate surface area is 182 Å². The monoisotopic (exact) mass is 440 g/mol. The second-order valence-corrected chi connectivity index (χ2v) is 6.60. The molecule has 0 aliphatic heterocycles. The molecule has 31 heavy (non-hydrogen) atoms. The van der Waals surface area contributed by atoms with Gasteiger partial charge in [0, 0.05) is 5.69 Å². The third-order valence-corrected chi connectivity index (χ3v) is 4.17. The van der Waals surface area contributed by atoms with E-state index in [1.165, 1.54) is 24.4 Å². The van der Waals surface area contributed by atoms with Gasteiger partial charge < -0.3 is 15.4 Å². The first-order chi connectivity index (χ1) is 15.0. The highest BCUT2D eigenvalue weighted by Gasteiger charge is 2.09.